The van der Waals surface area contributed by atoms with E-state index in [2.05, 4.69) is 63.9 Å². The van der Waals surface area contributed by atoms with Crippen molar-refractivity contribution >= 4 is 17.0 Å². The summed E-state index contributed by atoms with van der Waals surface area (Å²) in [4.78, 5) is 9.84. The number of hydrogen-bond donors (Lipinski definition) is 1. The summed E-state index contributed by atoms with van der Waals surface area (Å²) in [5, 5.41) is 3.63. The van der Waals surface area contributed by atoms with Crippen molar-refractivity contribution in [3.63, 3.8) is 0 Å². The molecule has 0 saturated heterocycles. The summed E-state index contributed by atoms with van der Waals surface area (Å²) in [6.07, 6.45) is 6.76. The molecule has 0 aliphatic carbocycles. The zero-order valence-electron chi connectivity index (χ0n) is 16.1. The molecule has 1 N–H and O–H groups in total. The minimum atomic E-state index is 0.240. The zero-order valence-corrected chi connectivity index (χ0v) is 16.9. The Morgan fingerprint density at radius 2 is 2.18 bits per heavy atom. The Morgan fingerprint density at radius 1 is 1.25 bits per heavy atom. The van der Waals surface area contributed by atoms with Gasteiger partial charge < -0.3 is 10.1 Å². The SMILES string of the molecule is CCCOc1ccc(-c2cccc3nccn23)c(CNC(C)c2cncs2)c1. The van der Waals surface area contributed by atoms with Gasteiger partial charge in [-0.05, 0) is 49.2 Å². The highest BCUT2D eigenvalue weighted by Gasteiger charge is 2.13. The molecule has 0 radical (unpaired) electrons. The van der Waals surface area contributed by atoms with Crippen LogP contribution in [0.4, 0.5) is 0 Å². The Balaban J connectivity index is 1.68. The monoisotopic (exact) mass is 392 g/mol. The minimum Gasteiger partial charge on any atom is -0.494 e. The fraction of sp³-hybridized carbons (Fsp3) is 0.273. The van der Waals surface area contributed by atoms with Crippen LogP contribution in [0, 0.1) is 0 Å². The lowest BCUT2D eigenvalue weighted by Gasteiger charge is -2.17. The van der Waals surface area contributed by atoms with E-state index in [-0.39, 0.29) is 6.04 Å². The van der Waals surface area contributed by atoms with E-state index in [1.54, 1.807) is 11.3 Å². The predicted molar refractivity (Wildman–Crippen MR) is 114 cm³/mol. The maximum atomic E-state index is 5.88. The van der Waals surface area contributed by atoms with Gasteiger partial charge in [0, 0.05) is 41.6 Å². The molecule has 0 spiro atoms. The quantitative estimate of drug-likeness (QED) is 0.453. The van der Waals surface area contributed by atoms with Gasteiger partial charge in [0.1, 0.15) is 11.4 Å². The van der Waals surface area contributed by atoms with Gasteiger partial charge in [-0.15, -0.1) is 11.3 Å². The van der Waals surface area contributed by atoms with Crippen LogP contribution in [0.3, 0.4) is 0 Å². The molecule has 4 aromatic rings. The normalized spacial score (nSPS) is 12.4. The van der Waals surface area contributed by atoms with Crippen molar-refractivity contribution in [3.8, 4) is 17.0 Å². The number of benzene rings is 1. The molecule has 0 aliphatic rings. The summed E-state index contributed by atoms with van der Waals surface area (Å²) in [6, 6.07) is 12.8. The Labute approximate surface area is 169 Å². The smallest absolute Gasteiger partial charge is 0.137 e. The van der Waals surface area contributed by atoms with Crippen LogP contribution in [-0.2, 0) is 6.54 Å². The van der Waals surface area contributed by atoms with Gasteiger partial charge in [0.05, 0.1) is 17.8 Å². The third-order valence-corrected chi connectivity index (χ3v) is 5.69. The predicted octanol–water partition coefficient (Wildman–Crippen LogP) is 5.10. The summed E-state index contributed by atoms with van der Waals surface area (Å²) in [5.41, 5.74) is 6.32. The van der Waals surface area contributed by atoms with Crippen LogP contribution in [0.25, 0.3) is 16.9 Å². The lowest BCUT2D eigenvalue weighted by Crippen LogP contribution is -2.18. The van der Waals surface area contributed by atoms with Crippen LogP contribution in [0.1, 0.15) is 36.8 Å². The molecule has 0 fully saturated rings. The van der Waals surface area contributed by atoms with E-state index in [9.17, 15) is 0 Å². The van der Waals surface area contributed by atoms with E-state index in [0.717, 1.165) is 36.7 Å². The van der Waals surface area contributed by atoms with Crippen LogP contribution < -0.4 is 10.1 Å². The van der Waals surface area contributed by atoms with Gasteiger partial charge in [0.25, 0.3) is 0 Å². The first-order valence-electron chi connectivity index (χ1n) is 9.56. The first-order valence-corrected chi connectivity index (χ1v) is 10.4. The summed E-state index contributed by atoms with van der Waals surface area (Å²) in [5.74, 6) is 0.908. The van der Waals surface area contributed by atoms with Crippen molar-refractivity contribution < 1.29 is 4.74 Å². The fourth-order valence-electron chi connectivity index (χ4n) is 3.25. The van der Waals surface area contributed by atoms with Crippen LogP contribution in [0.5, 0.6) is 5.75 Å². The first-order chi connectivity index (χ1) is 13.8. The zero-order chi connectivity index (χ0) is 19.3. The molecule has 5 nitrogen and oxygen atoms in total. The molecule has 28 heavy (non-hydrogen) atoms. The number of nitrogens with one attached hydrogen (secondary N) is 1. The topological polar surface area (TPSA) is 51.5 Å². The Morgan fingerprint density at radius 3 is 3.00 bits per heavy atom. The number of hydrogen-bond acceptors (Lipinski definition) is 5. The van der Waals surface area contributed by atoms with Crippen molar-refractivity contribution in [1.29, 1.82) is 0 Å². The molecule has 1 unspecified atom stereocenters. The number of nitrogens with zero attached hydrogens (tertiary/aromatic N) is 3. The van der Waals surface area contributed by atoms with Crippen molar-refractivity contribution in [2.45, 2.75) is 32.9 Å². The molecule has 3 heterocycles. The van der Waals surface area contributed by atoms with E-state index in [1.807, 2.05) is 30.2 Å². The Hall–Kier alpha value is -2.70. The summed E-state index contributed by atoms with van der Waals surface area (Å²) >= 11 is 1.67. The van der Waals surface area contributed by atoms with Crippen molar-refractivity contribution in [2.75, 3.05) is 6.61 Å². The van der Waals surface area contributed by atoms with Crippen LogP contribution in [0.15, 0.2) is 60.5 Å². The van der Waals surface area contributed by atoms with E-state index in [1.165, 1.54) is 16.0 Å². The van der Waals surface area contributed by atoms with E-state index in [4.69, 9.17) is 4.74 Å². The number of pyridine rings is 1. The van der Waals surface area contributed by atoms with Crippen molar-refractivity contribution in [2.24, 2.45) is 0 Å². The molecule has 3 aromatic heterocycles. The number of aromatic nitrogens is 3. The molecule has 6 heteroatoms. The largest absolute Gasteiger partial charge is 0.494 e. The van der Waals surface area contributed by atoms with Gasteiger partial charge in [-0.25, -0.2) is 4.98 Å². The van der Waals surface area contributed by atoms with Crippen LogP contribution >= 0.6 is 11.3 Å². The van der Waals surface area contributed by atoms with Crippen molar-refractivity contribution in [3.05, 3.63) is 70.9 Å². The number of rotatable bonds is 8. The van der Waals surface area contributed by atoms with Gasteiger partial charge in [-0.1, -0.05) is 13.0 Å². The van der Waals surface area contributed by atoms with Gasteiger partial charge in [0.2, 0.25) is 0 Å². The highest BCUT2D eigenvalue weighted by Crippen LogP contribution is 2.29. The maximum Gasteiger partial charge on any atom is 0.137 e. The van der Waals surface area contributed by atoms with Gasteiger partial charge in [-0.3, -0.25) is 9.38 Å². The van der Waals surface area contributed by atoms with Crippen LogP contribution in [0.2, 0.25) is 0 Å². The second-order valence-corrected chi connectivity index (χ2v) is 7.66. The lowest BCUT2D eigenvalue weighted by atomic mass is 10.0. The highest BCUT2D eigenvalue weighted by molar-refractivity contribution is 7.09. The van der Waals surface area contributed by atoms with E-state index in [0.29, 0.717) is 0 Å². The second-order valence-electron chi connectivity index (χ2n) is 6.74. The van der Waals surface area contributed by atoms with Crippen LogP contribution in [-0.4, -0.2) is 21.0 Å². The fourth-order valence-corrected chi connectivity index (χ4v) is 3.90. The molecular weight excluding hydrogens is 368 g/mol. The average Bonchev–Trinajstić information content (AvgIpc) is 3.42. The van der Waals surface area contributed by atoms with Crippen molar-refractivity contribution in [1.82, 2.24) is 19.7 Å². The molecule has 0 aliphatic heterocycles. The van der Waals surface area contributed by atoms with Gasteiger partial charge in [-0.2, -0.15) is 0 Å². The minimum absolute atomic E-state index is 0.240. The number of thiazole rings is 1. The first kappa shape index (κ1) is 18.7. The van der Waals surface area contributed by atoms with Gasteiger partial charge in [0.15, 0.2) is 0 Å². The Bertz CT molecular complexity index is 1040. The van der Waals surface area contributed by atoms with E-state index < -0.39 is 0 Å². The molecule has 0 bridgehead atoms. The second kappa shape index (κ2) is 8.54. The third kappa shape index (κ3) is 3.93. The molecule has 144 valence electrons. The lowest BCUT2D eigenvalue weighted by molar-refractivity contribution is 0.317. The number of fused-ring (bicyclic) bond motifs is 1. The summed E-state index contributed by atoms with van der Waals surface area (Å²) in [6.45, 7) is 5.75. The standard InChI is InChI=1S/C22H24N4OS/c1-3-11-27-18-7-8-19(20-5-4-6-22-24-9-10-26(20)22)17(12-18)13-25-16(2)21-14-23-15-28-21/h4-10,12,14-16,25H,3,11,13H2,1-2H3. The Kier molecular flexibility index (Phi) is 5.69. The maximum absolute atomic E-state index is 5.88. The number of ether oxygens (including phenoxy) is 1. The highest BCUT2D eigenvalue weighted by atomic mass is 32.1. The summed E-state index contributed by atoms with van der Waals surface area (Å²) < 4.78 is 8.01. The summed E-state index contributed by atoms with van der Waals surface area (Å²) in [7, 11) is 0. The van der Waals surface area contributed by atoms with Gasteiger partial charge >= 0.3 is 0 Å². The molecule has 0 amide bonds. The number of imidazole rings is 1. The molecule has 1 atom stereocenters. The average molecular weight is 393 g/mol. The van der Waals surface area contributed by atoms with E-state index >= 15 is 0 Å². The third-order valence-electron chi connectivity index (χ3n) is 4.73. The molecule has 0 saturated carbocycles. The molecule has 1 aromatic carbocycles. The molecular formula is C22H24N4OS. The molecule has 4 rings (SSSR count).